The first-order valence-electron chi connectivity index (χ1n) is 8.31. The third kappa shape index (κ3) is 3.51. The molecule has 1 heterocycles. The minimum atomic E-state index is -4.04. The molecule has 0 saturated heterocycles. The molecule has 3 N–H and O–H groups in total. The summed E-state index contributed by atoms with van der Waals surface area (Å²) in [5.74, 6) is -1.23. The molecule has 146 valence electrons. The van der Waals surface area contributed by atoms with Gasteiger partial charge in [0.25, 0.3) is 21.8 Å². The van der Waals surface area contributed by atoms with E-state index in [-0.39, 0.29) is 32.6 Å². The molecule has 2 aliphatic rings. The van der Waals surface area contributed by atoms with Crippen molar-refractivity contribution in [3.05, 3.63) is 53.6 Å². The largest absolute Gasteiger partial charge is 0.288 e. The Morgan fingerprint density at radius 3 is 2.04 bits per heavy atom. The highest BCUT2D eigenvalue weighted by Crippen LogP contribution is 2.25. The summed E-state index contributed by atoms with van der Waals surface area (Å²) in [6.07, 6.45) is 1.61. The maximum atomic E-state index is 12.6. The molecule has 1 fully saturated rings. The highest BCUT2D eigenvalue weighted by atomic mass is 32.2. The van der Waals surface area contributed by atoms with Crippen LogP contribution in [0.25, 0.3) is 0 Å². The molecule has 0 aromatic heterocycles. The van der Waals surface area contributed by atoms with Gasteiger partial charge in [0.15, 0.2) is 0 Å². The predicted octanol–water partition coefficient (Wildman–Crippen LogP) is 0.812. The highest BCUT2D eigenvalue weighted by Gasteiger charge is 2.29. The monoisotopic (exact) mass is 421 g/mol. The number of benzene rings is 2. The first kappa shape index (κ1) is 18.6. The fraction of sp³-hybridized carbons (Fsp3) is 0.176. The van der Waals surface area contributed by atoms with Crippen LogP contribution in [0, 0.1) is 0 Å². The SMILES string of the molecule is O=C1NC(=O)c2cc(S(=O)(=O)Nc3ccc(S(=O)(=O)NC4CC4)cc3)ccc21. The lowest BCUT2D eigenvalue weighted by atomic mass is 10.1. The maximum absolute atomic E-state index is 12.6. The van der Waals surface area contributed by atoms with Gasteiger partial charge in [-0.15, -0.1) is 0 Å². The third-order valence-corrected chi connectivity index (χ3v) is 7.25. The van der Waals surface area contributed by atoms with E-state index < -0.39 is 31.9 Å². The summed E-state index contributed by atoms with van der Waals surface area (Å²) in [5.41, 5.74) is 0.258. The number of hydrogen-bond donors (Lipinski definition) is 3. The Morgan fingerprint density at radius 1 is 0.786 bits per heavy atom. The van der Waals surface area contributed by atoms with Crippen molar-refractivity contribution >= 4 is 37.5 Å². The number of imide groups is 1. The Hall–Kier alpha value is -2.76. The van der Waals surface area contributed by atoms with Crippen molar-refractivity contribution in [3.63, 3.8) is 0 Å². The van der Waals surface area contributed by atoms with E-state index in [4.69, 9.17) is 0 Å². The predicted molar refractivity (Wildman–Crippen MR) is 98.8 cm³/mol. The molecule has 1 saturated carbocycles. The molecule has 2 aromatic rings. The van der Waals surface area contributed by atoms with Crippen LogP contribution < -0.4 is 14.8 Å². The Bertz CT molecular complexity index is 1200. The van der Waals surface area contributed by atoms with Crippen LogP contribution in [0.15, 0.2) is 52.3 Å². The van der Waals surface area contributed by atoms with Gasteiger partial charge in [0.1, 0.15) is 0 Å². The van der Waals surface area contributed by atoms with E-state index >= 15 is 0 Å². The molecule has 28 heavy (non-hydrogen) atoms. The lowest BCUT2D eigenvalue weighted by molar-refractivity contribution is 0.0879. The number of rotatable bonds is 6. The van der Waals surface area contributed by atoms with Gasteiger partial charge in [-0.05, 0) is 55.3 Å². The van der Waals surface area contributed by atoms with Crippen LogP contribution in [-0.2, 0) is 20.0 Å². The topological polar surface area (TPSA) is 139 Å². The number of nitrogens with one attached hydrogen (secondary N) is 3. The summed E-state index contributed by atoms with van der Waals surface area (Å²) in [7, 11) is -7.67. The van der Waals surface area contributed by atoms with Crippen LogP contribution in [0.1, 0.15) is 33.6 Å². The van der Waals surface area contributed by atoms with E-state index in [1.54, 1.807) is 0 Å². The average Bonchev–Trinajstić information content (AvgIpc) is 3.39. The number of carbonyl (C=O) groups is 2. The molecule has 1 aliphatic heterocycles. The summed E-state index contributed by atoms with van der Waals surface area (Å²) in [6.45, 7) is 0. The van der Waals surface area contributed by atoms with E-state index in [1.165, 1.54) is 36.4 Å². The molecule has 0 atom stereocenters. The quantitative estimate of drug-likeness (QED) is 0.590. The zero-order chi connectivity index (χ0) is 20.1. The summed E-state index contributed by atoms with van der Waals surface area (Å²) in [5, 5.41) is 2.09. The van der Waals surface area contributed by atoms with Crippen LogP contribution in [-0.4, -0.2) is 34.7 Å². The minimum absolute atomic E-state index is 0.0135. The van der Waals surface area contributed by atoms with Crippen LogP contribution in [0.5, 0.6) is 0 Å². The number of anilines is 1. The van der Waals surface area contributed by atoms with Gasteiger partial charge in [0, 0.05) is 11.7 Å². The van der Waals surface area contributed by atoms with Crippen molar-refractivity contribution in [3.8, 4) is 0 Å². The van der Waals surface area contributed by atoms with E-state index in [2.05, 4.69) is 14.8 Å². The summed E-state index contributed by atoms with van der Waals surface area (Å²) >= 11 is 0. The minimum Gasteiger partial charge on any atom is -0.288 e. The van der Waals surface area contributed by atoms with Crippen molar-refractivity contribution < 1.29 is 26.4 Å². The molecule has 0 unspecified atom stereocenters. The molecular formula is C17H15N3O6S2. The Balaban J connectivity index is 1.56. The van der Waals surface area contributed by atoms with E-state index in [0.717, 1.165) is 18.9 Å². The molecule has 1 aliphatic carbocycles. The van der Waals surface area contributed by atoms with Crippen molar-refractivity contribution in [2.24, 2.45) is 0 Å². The second-order valence-electron chi connectivity index (χ2n) is 6.52. The number of amides is 2. The number of fused-ring (bicyclic) bond motifs is 1. The van der Waals surface area contributed by atoms with Gasteiger partial charge < -0.3 is 0 Å². The normalized spacial score (nSPS) is 16.6. The Kier molecular flexibility index (Phi) is 4.25. The highest BCUT2D eigenvalue weighted by molar-refractivity contribution is 7.92. The van der Waals surface area contributed by atoms with E-state index in [9.17, 15) is 26.4 Å². The number of hydrogen-bond acceptors (Lipinski definition) is 6. The second-order valence-corrected chi connectivity index (χ2v) is 9.91. The molecule has 9 nitrogen and oxygen atoms in total. The Morgan fingerprint density at radius 2 is 1.39 bits per heavy atom. The maximum Gasteiger partial charge on any atom is 0.261 e. The van der Waals surface area contributed by atoms with Gasteiger partial charge in [0.05, 0.1) is 20.9 Å². The fourth-order valence-corrected chi connectivity index (χ4v) is 5.11. The van der Waals surface area contributed by atoms with Gasteiger partial charge in [-0.3, -0.25) is 19.6 Å². The second kappa shape index (κ2) is 6.40. The lowest BCUT2D eigenvalue weighted by Gasteiger charge is -2.10. The van der Waals surface area contributed by atoms with E-state index in [0.29, 0.717) is 0 Å². The lowest BCUT2D eigenvalue weighted by Crippen LogP contribution is -2.25. The van der Waals surface area contributed by atoms with Crippen molar-refractivity contribution in [1.29, 1.82) is 0 Å². The number of sulfonamides is 2. The van der Waals surface area contributed by atoms with Crippen LogP contribution in [0.4, 0.5) is 5.69 Å². The smallest absolute Gasteiger partial charge is 0.261 e. The zero-order valence-electron chi connectivity index (χ0n) is 14.3. The summed E-state index contributed by atoms with van der Waals surface area (Å²) in [4.78, 5) is 23.1. The van der Waals surface area contributed by atoms with Gasteiger partial charge >= 0.3 is 0 Å². The summed E-state index contributed by atoms with van der Waals surface area (Å²) < 4.78 is 54.3. The average molecular weight is 421 g/mol. The first-order chi connectivity index (χ1) is 13.2. The molecule has 0 bridgehead atoms. The van der Waals surface area contributed by atoms with Crippen molar-refractivity contribution in [1.82, 2.24) is 10.0 Å². The van der Waals surface area contributed by atoms with Crippen molar-refractivity contribution in [2.45, 2.75) is 28.7 Å². The van der Waals surface area contributed by atoms with Crippen LogP contribution >= 0.6 is 0 Å². The van der Waals surface area contributed by atoms with E-state index in [1.807, 2.05) is 0 Å². The fourth-order valence-electron chi connectivity index (χ4n) is 2.72. The van der Waals surface area contributed by atoms with Gasteiger partial charge in [-0.25, -0.2) is 21.6 Å². The summed E-state index contributed by atoms with van der Waals surface area (Å²) in [6, 6.07) is 8.85. The van der Waals surface area contributed by atoms with Gasteiger partial charge in [0.2, 0.25) is 10.0 Å². The molecular weight excluding hydrogens is 406 g/mol. The Labute approximate surface area is 161 Å². The molecule has 2 amide bonds. The third-order valence-electron chi connectivity index (χ3n) is 4.33. The molecule has 2 aromatic carbocycles. The van der Waals surface area contributed by atoms with Crippen LogP contribution in [0.2, 0.25) is 0 Å². The molecule has 0 radical (unpaired) electrons. The molecule has 4 rings (SSSR count). The molecule has 0 spiro atoms. The number of carbonyl (C=O) groups excluding carboxylic acids is 2. The first-order valence-corrected chi connectivity index (χ1v) is 11.3. The molecule has 11 heteroatoms. The van der Waals surface area contributed by atoms with Gasteiger partial charge in [-0.1, -0.05) is 0 Å². The van der Waals surface area contributed by atoms with Crippen molar-refractivity contribution in [2.75, 3.05) is 4.72 Å². The van der Waals surface area contributed by atoms with Crippen LogP contribution in [0.3, 0.4) is 0 Å². The standard InChI is InChI=1S/C17H15N3O6S2/c21-16-14-8-7-13(9-15(14)17(22)18-16)28(25,26)20-11-3-5-12(6-4-11)27(23,24)19-10-1-2-10/h3-10,19-20H,1-2H2,(H,18,21,22). The zero-order valence-corrected chi connectivity index (χ0v) is 15.9. The van der Waals surface area contributed by atoms with Gasteiger partial charge in [-0.2, -0.15) is 0 Å².